The van der Waals surface area contributed by atoms with E-state index in [-0.39, 0.29) is 5.56 Å². The molecule has 19 heavy (non-hydrogen) atoms. The van der Waals surface area contributed by atoms with Gasteiger partial charge < -0.3 is 9.47 Å². The van der Waals surface area contributed by atoms with E-state index in [0.717, 1.165) is 4.57 Å². The first-order valence-electron chi connectivity index (χ1n) is 5.71. The first kappa shape index (κ1) is 14.7. The van der Waals surface area contributed by atoms with Gasteiger partial charge in [-0.2, -0.15) is 0 Å². The molecule has 1 aromatic rings. The minimum Gasteiger partial charge on any atom is -0.331 e. The number of carbonyl (C=O) groups excluding carboxylic acids is 1. The maximum Gasteiger partial charge on any atom is 0.330 e. The second kappa shape index (κ2) is 5.99. The summed E-state index contributed by atoms with van der Waals surface area (Å²) in [6, 6.07) is 0. The number of rotatable bonds is 5. The molecule has 0 aliphatic heterocycles. The standard InChI is InChI=1S/C13H17N3O3/c1-5-7-16(8-6-2)12(18)10-9-14(3)13(19)15(4)11(10)17/h5-6,9H,1-2,7-8H2,3-4H3. The van der Waals surface area contributed by atoms with E-state index in [2.05, 4.69) is 13.2 Å². The summed E-state index contributed by atoms with van der Waals surface area (Å²) in [7, 11) is 2.83. The van der Waals surface area contributed by atoms with Crippen LogP contribution in [0, 0.1) is 0 Å². The van der Waals surface area contributed by atoms with Crippen molar-refractivity contribution in [3.05, 3.63) is 57.9 Å². The van der Waals surface area contributed by atoms with Crippen LogP contribution in [0.15, 0.2) is 41.1 Å². The van der Waals surface area contributed by atoms with Gasteiger partial charge >= 0.3 is 5.69 Å². The van der Waals surface area contributed by atoms with Crippen molar-refractivity contribution in [1.29, 1.82) is 0 Å². The van der Waals surface area contributed by atoms with Crippen molar-refractivity contribution in [2.24, 2.45) is 14.1 Å². The molecule has 0 spiro atoms. The monoisotopic (exact) mass is 263 g/mol. The summed E-state index contributed by atoms with van der Waals surface area (Å²) in [6.07, 6.45) is 4.38. The molecule has 6 nitrogen and oxygen atoms in total. The molecule has 0 aromatic carbocycles. The molecule has 0 bridgehead atoms. The molecule has 0 aliphatic rings. The Bertz CT molecular complexity index is 615. The Morgan fingerprint density at radius 2 is 1.79 bits per heavy atom. The zero-order valence-corrected chi connectivity index (χ0v) is 11.1. The molecular weight excluding hydrogens is 246 g/mol. The third-order valence-electron chi connectivity index (χ3n) is 2.66. The lowest BCUT2D eigenvalue weighted by atomic mass is 10.2. The van der Waals surface area contributed by atoms with Crippen molar-refractivity contribution in [3.63, 3.8) is 0 Å². The molecule has 0 unspecified atom stereocenters. The zero-order valence-electron chi connectivity index (χ0n) is 11.1. The van der Waals surface area contributed by atoms with Gasteiger partial charge in [0.25, 0.3) is 11.5 Å². The van der Waals surface area contributed by atoms with Crippen LogP contribution in [0.3, 0.4) is 0 Å². The molecule has 0 radical (unpaired) electrons. The summed E-state index contributed by atoms with van der Waals surface area (Å²) in [5, 5.41) is 0. The van der Waals surface area contributed by atoms with Gasteiger partial charge in [-0.05, 0) is 0 Å². The molecule has 0 saturated heterocycles. The van der Waals surface area contributed by atoms with Gasteiger partial charge in [-0.1, -0.05) is 12.2 Å². The van der Waals surface area contributed by atoms with Gasteiger partial charge in [0.2, 0.25) is 0 Å². The highest BCUT2D eigenvalue weighted by Gasteiger charge is 2.19. The molecule has 1 rings (SSSR count). The molecular formula is C13H17N3O3. The third kappa shape index (κ3) is 2.90. The van der Waals surface area contributed by atoms with Crippen LogP contribution in [-0.2, 0) is 14.1 Å². The second-order valence-corrected chi connectivity index (χ2v) is 4.09. The van der Waals surface area contributed by atoms with Crippen molar-refractivity contribution < 1.29 is 4.79 Å². The van der Waals surface area contributed by atoms with Gasteiger partial charge in [-0.3, -0.25) is 14.2 Å². The summed E-state index contributed by atoms with van der Waals surface area (Å²) >= 11 is 0. The van der Waals surface area contributed by atoms with Gasteiger partial charge in [0.15, 0.2) is 0 Å². The van der Waals surface area contributed by atoms with Gasteiger partial charge in [-0.25, -0.2) is 4.79 Å². The Hall–Kier alpha value is -2.37. The van der Waals surface area contributed by atoms with Crippen LogP contribution < -0.4 is 11.2 Å². The Kier molecular flexibility index (Phi) is 4.63. The highest BCUT2D eigenvalue weighted by atomic mass is 16.2. The van der Waals surface area contributed by atoms with Gasteiger partial charge in [-0.15, -0.1) is 13.2 Å². The van der Waals surface area contributed by atoms with Crippen LogP contribution in [0.1, 0.15) is 10.4 Å². The van der Waals surface area contributed by atoms with E-state index in [4.69, 9.17) is 0 Å². The largest absolute Gasteiger partial charge is 0.331 e. The van der Waals surface area contributed by atoms with E-state index in [1.807, 2.05) is 0 Å². The molecule has 6 heteroatoms. The fourth-order valence-corrected chi connectivity index (χ4v) is 1.68. The van der Waals surface area contributed by atoms with Crippen molar-refractivity contribution in [2.45, 2.75) is 0 Å². The van der Waals surface area contributed by atoms with Gasteiger partial charge in [0.1, 0.15) is 5.56 Å². The summed E-state index contributed by atoms with van der Waals surface area (Å²) in [4.78, 5) is 37.2. The van der Waals surface area contributed by atoms with Crippen LogP contribution in [0.25, 0.3) is 0 Å². The van der Waals surface area contributed by atoms with E-state index in [0.29, 0.717) is 13.1 Å². The Balaban J connectivity index is 3.33. The van der Waals surface area contributed by atoms with Crippen molar-refractivity contribution in [1.82, 2.24) is 14.0 Å². The average molecular weight is 263 g/mol. The summed E-state index contributed by atoms with van der Waals surface area (Å²) in [5.41, 5.74) is -1.12. The van der Waals surface area contributed by atoms with E-state index < -0.39 is 17.2 Å². The minimum atomic E-state index is -0.605. The van der Waals surface area contributed by atoms with Crippen LogP contribution >= 0.6 is 0 Å². The molecule has 1 heterocycles. The number of aryl methyl sites for hydroxylation is 1. The third-order valence-corrected chi connectivity index (χ3v) is 2.66. The number of aromatic nitrogens is 2. The molecule has 0 fully saturated rings. The molecule has 0 N–H and O–H groups in total. The van der Waals surface area contributed by atoms with Gasteiger partial charge in [0, 0.05) is 33.4 Å². The Morgan fingerprint density at radius 1 is 1.26 bits per heavy atom. The SMILES string of the molecule is C=CCN(CC=C)C(=O)c1cn(C)c(=O)n(C)c1=O. The van der Waals surface area contributed by atoms with Gasteiger partial charge in [0.05, 0.1) is 0 Å². The smallest absolute Gasteiger partial charge is 0.330 e. The quantitative estimate of drug-likeness (QED) is 0.697. The first-order chi connectivity index (χ1) is 8.93. The fourth-order valence-electron chi connectivity index (χ4n) is 1.68. The highest BCUT2D eigenvalue weighted by Crippen LogP contribution is 1.99. The number of hydrogen-bond acceptors (Lipinski definition) is 3. The van der Waals surface area contributed by atoms with E-state index >= 15 is 0 Å². The first-order valence-corrected chi connectivity index (χ1v) is 5.71. The number of carbonyl (C=O) groups is 1. The summed E-state index contributed by atoms with van der Waals surface area (Å²) in [6.45, 7) is 7.73. The Morgan fingerprint density at radius 3 is 2.26 bits per heavy atom. The lowest BCUT2D eigenvalue weighted by molar-refractivity contribution is 0.0787. The van der Waals surface area contributed by atoms with E-state index in [1.165, 1.54) is 29.8 Å². The Labute approximate surface area is 110 Å². The van der Waals surface area contributed by atoms with Crippen molar-refractivity contribution in [3.8, 4) is 0 Å². The van der Waals surface area contributed by atoms with Crippen molar-refractivity contribution >= 4 is 5.91 Å². The van der Waals surface area contributed by atoms with Crippen molar-refractivity contribution in [2.75, 3.05) is 13.1 Å². The maximum atomic E-state index is 12.3. The summed E-state index contributed by atoms with van der Waals surface area (Å²) < 4.78 is 2.11. The molecule has 0 atom stereocenters. The predicted octanol–water partition coefficient (Wildman–Crippen LogP) is -0.102. The normalized spacial score (nSPS) is 10.0. The topological polar surface area (TPSA) is 64.3 Å². The van der Waals surface area contributed by atoms with E-state index in [1.54, 1.807) is 12.2 Å². The maximum absolute atomic E-state index is 12.3. The van der Waals surface area contributed by atoms with Crippen LogP contribution in [-0.4, -0.2) is 33.0 Å². The highest BCUT2D eigenvalue weighted by molar-refractivity contribution is 5.93. The molecule has 102 valence electrons. The lowest BCUT2D eigenvalue weighted by Gasteiger charge is -2.19. The molecule has 0 saturated carbocycles. The van der Waals surface area contributed by atoms with Crippen LogP contribution in [0.2, 0.25) is 0 Å². The lowest BCUT2D eigenvalue weighted by Crippen LogP contribution is -2.43. The average Bonchev–Trinajstić information content (AvgIpc) is 2.39. The number of hydrogen-bond donors (Lipinski definition) is 0. The number of amides is 1. The second-order valence-electron chi connectivity index (χ2n) is 4.09. The van der Waals surface area contributed by atoms with Crippen LogP contribution in [0.4, 0.5) is 0 Å². The fraction of sp³-hybridized carbons (Fsp3) is 0.308. The molecule has 1 aromatic heterocycles. The predicted molar refractivity (Wildman–Crippen MR) is 73.2 cm³/mol. The van der Waals surface area contributed by atoms with Crippen LogP contribution in [0.5, 0.6) is 0 Å². The minimum absolute atomic E-state index is 0.0479. The molecule has 0 aliphatic carbocycles. The molecule has 1 amide bonds. The zero-order chi connectivity index (χ0) is 14.6. The number of nitrogens with zero attached hydrogens (tertiary/aromatic N) is 3. The summed E-state index contributed by atoms with van der Waals surface area (Å²) in [5.74, 6) is -0.448. The van der Waals surface area contributed by atoms with E-state index in [9.17, 15) is 14.4 Å².